The highest BCUT2D eigenvalue weighted by Crippen LogP contribution is 2.33. The molecule has 3 aromatic carbocycles. The number of carbonyl (C=O) groups excluding carboxylic acids is 2. The molecule has 0 aromatic heterocycles. The van der Waals surface area contributed by atoms with Crippen LogP contribution >= 0.6 is 0 Å². The molecule has 0 heterocycles. The Morgan fingerprint density at radius 2 is 1.54 bits per heavy atom. The minimum absolute atomic E-state index is 0.0228. The third-order valence-electron chi connectivity index (χ3n) is 6.19. The highest BCUT2D eigenvalue weighted by Gasteiger charge is 2.33. The number of carbonyl (C=O) groups is 2. The van der Waals surface area contributed by atoms with Crippen molar-refractivity contribution in [3.05, 3.63) is 84.4 Å². The molecule has 0 radical (unpaired) electrons. The minimum atomic E-state index is -4.22. The summed E-state index contributed by atoms with van der Waals surface area (Å²) in [5.41, 5.74) is 1.01. The third kappa shape index (κ3) is 7.29. The average molecular weight is 554 g/mol. The van der Waals surface area contributed by atoms with Gasteiger partial charge in [-0.15, -0.1) is 0 Å². The monoisotopic (exact) mass is 553 g/mol. The fourth-order valence-electron chi connectivity index (χ4n) is 3.98. The van der Waals surface area contributed by atoms with Gasteiger partial charge in [-0.3, -0.25) is 13.9 Å². The number of amides is 2. The first-order valence-corrected chi connectivity index (χ1v) is 14.1. The molecule has 39 heavy (non-hydrogen) atoms. The number of anilines is 1. The van der Waals surface area contributed by atoms with Gasteiger partial charge in [0.05, 0.1) is 24.8 Å². The Morgan fingerprint density at radius 3 is 2.15 bits per heavy atom. The van der Waals surface area contributed by atoms with Crippen LogP contribution in [0.15, 0.2) is 83.8 Å². The zero-order chi connectivity index (χ0) is 28.4. The maximum absolute atomic E-state index is 13.9. The lowest BCUT2D eigenvalue weighted by molar-refractivity contribution is -0.139. The molecule has 0 saturated heterocycles. The summed E-state index contributed by atoms with van der Waals surface area (Å²) >= 11 is 0. The van der Waals surface area contributed by atoms with Gasteiger partial charge >= 0.3 is 0 Å². The largest absolute Gasteiger partial charge is 0.497 e. The van der Waals surface area contributed by atoms with Crippen molar-refractivity contribution in [3.63, 3.8) is 0 Å². The molecule has 0 aliphatic carbocycles. The Labute approximate surface area is 230 Å². The fourth-order valence-corrected chi connectivity index (χ4v) is 5.41. The molecule has 9 nitrogen and oxygen atoms in total. The number of hydrogen-bond acceptors (Lipinski definition) is 6. The second-order valence-corrected chi connectivity index (χ2v) is 10.7. The molecule has 10 heteroatoms. The van der Waals surface area contributed by atoms with Crippen LogP contribution in [0.5, 0.6) is 11.5 Å². The van der Waals surface area contributed by atoms with Gasteiger partial charge < -0.3 is 19.7 Å². The third-order valence-corrected chi connectivity index (χ3v) is 7.97. The Bertz CT molecular complexity index is 1350. The summed E-state index contributed by atoms with van der Waals surface area (Å²) < 4.78 is 39.5. The van der Waals surface area contributed by atoms with Crippen molar-refractivity contribution in [3.8, 4) is 11.5 Å². The lowest BCUT2D eigenvalue weighted by atomic mass is 10.1. The standard InChI is InChI=1S/C29H35N3O6S/c1-5-19-30-29(34)22(2)31(20-23-11-7-6-8-12-23)28(33)21-32(26-13-9-10-14-27(26)38-4)39(35,36)25-17-15-24(37-3)16-18-25/h6-18,22H,5,19-21H2,1-4H3,(H,30,34). The zero-order valence-corrected chi connectivity index (χ0v) is 23.5. The van der Waals surface area contributed by atoms with Crippen LogP contribution < -0.4 is 19.1 Å². The van der Waals surface area contributed by atoms with E-state index in [0.717, 1.165) is 16.3 Å². The summed E-state index contributed by atoms with van der Waals surface area (Å²) in [6.45, 7) is 3.62. The van der Waals surface area contributed by atoms with Gasteiger partial charge in [0, 0.05) is 13.1 Å². The minimum Gasteiger partial charge on any atom is -0.497 e. The van der Waals surface area contributed by atoms with Crippen molar-refractivity contribution >= 4 is 27.5 Å². The molecule has 0 aliphatic heterocycles. The van der Waals surface area contributed by atoms with E-state index in [1.54, 1.807) is 31.2 Å². The van der Waals surface area contributed by atoms with E-state index < -0.39 is 28.5 Å². The number of ether oxygens (including phenoxy) is 2. The van der Waals surface area contributed by atoms with Crippen molar-refractivity contribution in [1.82, 2.24) is 10.2 Å². The van der Waals surface area contributed by atoms with Gasteiger partial charge in [-0.1, -0.05) is 49.4 Å². The van der Waals surface area contributed by atoms with Gasteiger partial charge in [0.25, 0.3) is 10.0 Å². The van der Waals surface area contributed by atoms with Crippen molar-refractivity contribution < 1.29 is 27.5 Å². The van der Waals surface area contributed by atoms with E-state index >= 15 is 0 Å². The van der Waals surface area contributed by atoms with E-state index in [-0.39, 0.29) is 28.8 Å². The van der Waals surface area contributed by atoms with Crippen LogP contribution in [0, 0.1) is 0 Å². The van der Waals surface area contributed by atoms with E-state index in [1.807, 2.05) is 37.3 Å². The highest BCUT2D eigenvalue weighted by molar-refractivity contribution is 7.92. The van der Waals surface area contributed by atoms with E-state index in [0.29, 0.717) is 12.3 Å². The quantitative estimate of drug-likeness (QED) is 0.345. The molecular weight excluding hydrogens is 518 g/mol. The van der Waals surface area contributed by atoms with Crippen molar-refractivity contribution in [1.29, 1.82) is 0 Å². The molecule has 0 aliphatic rings. The van der Waals surface area contributed by atoms with Crippen molar-refractivity contribution in [2.24, 2.45) is 0 Å². The van der Waals surface area contributed by atoms with E-state index in [4.69, 9.17) is 9.47 Å². The predicted molar refractivity (Wildman–Crippen MR) is 150 cm³/mol. The number of benzene rings is 3. The Hall–Kier alpha value is -4.05. The summed E-state index contributed by atoms with van der Waals surface area (Å²) in [4.78, 5) is 28.2. The van der Waals surface area contributed by atoms with Gasteiger partial charge in [-0.25, -0.2) is 8.42 Å². The topological polar surface area (TPSA) is 105 Å². The molecule has 1 atom stereocenters. The summed E-state index contributed by atoms with van der Waals surface area (Å²) in [6.07, 6.45) is 0.743. The number of nitrogens with zero attached hydrogens (tertiary/aromatic N) is 2. The molecule has 208 valence electrons. The van der Waals surface area contributed by atoms with Crippen LogP contribution in [-0.2, 0) is 26.2 Å². The number of nitrogens with one attached hydrogen (secondary N) is 1. The van der Waals surface area contributed by atoms with Crippen LogP contribution in [0.1, 0.15) is 25.8 Å². The SMILES string of the molecule is CCCNC(=O)C(C)N(Cc1ccccc1)C(=O)CN(c1ccccc1OC)S(=O)(=O)c1ccc(OC)cc1. The van der Waals surface area contributed by atoms with Crippen LogP contribution in [0.25, 0.3) is 0 Å². The molecular formula is C29H35N3O6S. The maximum Gasteiger partial charge on any atom is 0.264 e. The average Bonchev–Trinajstić information content (AvgIpc) is 2.97. The first-order valence-electron chi connectivity index (χ1n) is 12.6. The normalized spacial score (nSPS) is 11.8. The molecule has 0 fully saturated rings. The predicted octanol–water partition coefficient (Wildman–Crippen LogP) is 3.84. The number of methoxy groups -OCH3 is 2. The molecule has 0 saturated carbocycles. The molecule has 0 spiro atoms. The van der Waals surface area contributed by atoms with Crippen molar-refractivity contribution in [2.75, 3.05) is 31.6 Å². The lowest BCUT2D eigenvalue weighted by Gasteiger charge is -2.32. The van der Waals surface area contributed by atoms with Gasteiger partial charge in [0.2, 0.25) is 11.8 Å². The van der Waals surface area contributed by atoms with Gasteiger partial charge in [0.15, 0.2) is 0 Å². The highest BCUT2D eigenvalue weighted by atomic mass is 32.2. The Morgan fingerprint density at radius 1 is 0.897 bits per heavy atom. The Kier molecular flexibility index (Phi) is 10.3. The van der Waals surface area contributed by atoms with Gasteiger partial charge in [-0.2, -0.15) is 0 Å². The molecule has 0 bridgehead atoms. The van der Waals surface area contributed by atoms with E-state index in [1.165, 1.54) is 43.4 Å². The number of sulfonamides is 1. The number of para-hydroxylation sites is 2. The molecule has 3 aromatic rings. The van der Waals surface area contributed by atoms with Crippen LogP contribution in [0.4, 0.5) is 5.69 Å². The van der Waals surface area contributed by atoms with Crippen LogP contribution in [0.2, 0.25) is 0 Å². The second kappa shape index (κ2) is 13.7. The molecule has 2 amide bonds. The van der Waals surface area contributed by atoms with E-state index in [9.17, 15) is 18.0 Å². The number of rotatable bonds is 13. The smallest absolute Gasteiger partial charge is 0.264 e. The van der Waals surface area contributed by atoms with Crippen LogP contribution in [-0.4, -0.2) is 58.5 Å². The lowest BCUT2D eigenvalue weighted by Crippen LogP contribution is -2.51. The fraction of sp³-hybridized carbons (Fsp3) is 0.310. The van der Waals surface area contributed by atoms with E-state index in [2.05, 4.69) is 5.32 Å². The Balaban J connectivity index is 2.04. The summed E-state index contributed by atoms with van der Waals surface area (Å²) in [6, 6.07) is 20.9. The first kappa shape index (κ1) is 29.5. The molecule has 1 unspecified atom stereocenters. The first-order chi connectivity index (χ1) is 18.7. The summed E-state index contributed by atoms with van der Waals surface area (Å²) in [5.74, 6) is -0.0791. The van der Waals surface area contributed by atoms with Gasteiger partial charge in [-0.05, 0) is 55.3 Å². The number of hydrogen-bond donors (Lipinski definition) is 1. The second-order valence-electron chi connectivity index (χ2n) is 8.83. The van der Waals surface area contributed by atoms with Crippen molar-refractivity contribution in [2.45, 2.75) is 37.8 Å². The summed E-state index contributed by atoms with van der Waals surface area (Å²) in [7, 11) is -1.30. The maximum atomic E-state index is 13.9. The van der Waals surface area contributed by atoms with Crippen LogP contribution in [0.3, 0.4) is 0 Å². The van der Waals surface area contributed by atoms with Gasteiger partial charge in [0.1, 0.15) is 24.1 Å². The molecule has 3 rings (SSSR count). The molecule has 1 N–H and O–H groups in total. The zero-order valence-electron chi connectivity index (χ0n) is 22.7. The summed E-state index contributed by atoms with van der Waals surface area (Å²) in [5, 5.41) is 2.83.